The molecule has 0 radical (unpaired) electrons. The maximum Gasteiger partial charge on any atom is 0.231 e. The molecule has 2 heterocycles. The number of methoxy groups -OCH3 is 2. The second-order valence-electron chi connectivity index (χ2n) is 10.7. The van der Waals surface area contributed by atoms with Gasteiger partial charge in [0.1, 0.15) is 6.61 Å². The Morgan fingerprint density at radius 3 is 2.28 bits per heavy atom. The molecule has 1 amide bonds. The van der Waals surface area contributed by atoms with Crippen molar-refractivity contribution in [2.45, 2.75) is 65.3 Å². The van der Waals surface area contributed by atoms with E-state index >= 15 is 0 Å². The highest BCUT2D eigenvalue weighted by atomic mass is 16.7. The quantitative estimate of drug-likeness (QED) is 0.233. The summed E-state index contributed by atoms with van der Waals surface area (Å²) in [4.78, 5) is 17.1. The first-order chi connectivity index (χ1) is 20.9. The van der Waals surface area contributed by atoms with Crippen LogP contribution in [0.1, 0.15) is 64.9 Å². The Morgan fingerprint density at radius 2 is 1.65 bits per heavy atom. The second-order valence-corrected chi connectivity index (χ2v) is 10.7. The van der Waals surface area contributed by atoms with Gasteiger partial charge in [-0.3, -0.25) is 9.69 Å². The first-order valence-corrected chi connectivity index (χ1v) is 15.7. The predicted octanol–water partition coefficient (Wildman–Crippen LogP) is 5.91. The lowest BCUT2D eigenvalue weighted by molar-refractivity contribution is -0.118. The molecule has 0 bridgehead atoms. The Bertz CT molecular complexity index is 1070. The van der Waals surface area contributed by atoms with E-state index in [4.69, 9.17) is 23.7 Å². The number of unbranched alkanes of at least 4 members (excludes halogenated alkanes) is 1. The lowest BCUT2D eigenvalue weighted by Crippen LogP contribution is -2.34. The van der Waals surface area contributed by atoms with Gasteiger partial charge in [0.25, 0.3) is 0 Å². The van der Waals surface area contributed by atoms with Crippen LogP contribution < -0.4 is 23.7 Å². The lowest BCUT2D eigenvalue weighted by atomic mass is 9.95. The van der Waals surface area contributed by atoms with Crippen molar-refractivity contribution in [3.05, 3.63) is 42.0 Å². The van der Waals surface area contributed by atoms with Crippen LogP contribution in [-0.4, -0.2) is 102 Å². The van der Waals surface area contributed by atoms with Crippen LogP contribution in [0.4, 0.5) is 0 Å². The van der Waals surface area contributed by atoms with Gasteiger partial charge >= 0.3 is 0 Å². The van der Waals surface area contributed by atoms with E-state index in [2.05, 4.69) is 49.9 Å². The number of benzene rings is 2. The zero-order valence-corrected chi connectivity index (χ0v) is 27.8. The number of para-hydroxylation sites is 2. The number of hydrogen-bond donors (Lipinski definition) is 0. The molecule has 1 saturated heterocycles. The van der Waals surface area contributed by atoms with E-state index in [-0.39, 0.29) is 6.79 Å². The highest BCUT2D eigenvalue weighted by Crippen LogP contribution is 2.45. The van der Waals surface area contributed by atoms with Crippen LogP contribution in [0, 0.1) is 0 Å². The van der Waals surface area contributed by atoms with Crippen molar-refractivity contribution < 1.29 is 28.5 Å². The molecule has 4 rings (SSSR count). The summed E-state index contributed by atoms with van der Waals surface area (Å²) < 4.78 is 28.1. The van der Waals surface area contributed by atoms with Crippen LogP contribution in [0.3, 0.4) is 0 Å². The van der Waals surface area contributed by atoms with Gasteiger partial charge in [-0.2, -0.15) is 0 Å². The molecule has 43 heavy (non-hydrogen) atoms. The van der Waals surface area contributed by atoms with Crippen molar-refractivity contribution in [3.8, 4) is 28.7 Å². The van der Waals surface area contributed by atoms with Crippen LogP contribution in [-0.2, 0) is 4.79 Å². The number of hydrogen-bond acceptors (Lipinski definition) is 8. The van der Waals surface area contributed by atoms with Crippen molar-refractivity contribution in [2.75, 3.05) is 74.4 Å². The van der Waals surface area contributed by atoms with E-state index in [0.29, 0.717) is 24.3 Å². The van der Waals surface area contributed by atoms with Gasteiger partial charge in [-0.05, 0) is 82.2 Å². The van der Waals surface area contributed by atoms with Gasteiger partial charge in [-0.25, -0.2) is 0 Å². The Kier molecular flexibility index (Phi) is 16.7. The fourth-order valence-electron chi connectivity index (χ4n) is 5.26. The van der Waals surface area contributed by atoms with Gasteiger partial charge in [0, 0.05) is 25.7 Å². The largest absolute Gasteiger partial charge is 0.493 e. The van der Waals surface area contributed by atoms with E-state index in [9.17, 15) is 4.79 Å². The lowest BCUT2D eigenvalue weighted by Gasteiger charge is -2.23. The zero-order chi connectivity index (χ0) is 31.6. The minimum Gasteiger partial charge on any atom is -0.493 e. The molecule has 2 atom stereocenters. The first kappa shape index (κ1) is 36.0. The maximum absolute atomic E-state index is 10.6. The topological polar surface area (TPSA) is 72.9 Å². The number of likely N-dealkylation sites (tertiary alicyclic amines) is 1. The third-order valence-electron chi connectivity index (χ3n) is 7.59. The average Bonchev–Trinajstić information content (AvgIpc) is 3.69. The molecule has 2 aromatic carbocycles. The third kappa shape index (κ3) is 11.1. The Morgan fingerprint density at radius 1 is 0.953 bits per heavy atom. The predicted molar refractivity (Wildman–Crippen MR) is 173 cm³/mol. The molecule has 9 heteroatoms. The van der Waals surface area contributed by atoms with Gasteiger partial charge < -0.3 is 33.5 Å². The standard InChI is InChI=1S/C22H27NO5.C10H22N2O.C2H6/c1-4-23-12-16(15-10-20(25-3)22-21(11-15)27-14-28-22)9-17(23)13-26-19-8-6-5-7-18(19)24-2;1-4-5-8-12(10-13)9-6-7-11(2)3;1-2/h5-8,10-11,16-17H,4,9,12-14H2,1-3H3;10H,4-9H2,1-3H3;1-2H3/t16?,17-;;/m1../s1. The molecule has 242 valence electrons. The number of ether oxygens (including phenoxy) is 5. The van der Waals surface area contributed by atoms with Gasteiger partial charge in [0.15, 0.2) is 23.0 Å². The first-order valence-electron chi connectivity index (χ1n) is 15.7. The van der Waals surface area contributed by atoms with Crippen LogP contribution >= 0.6 is 0 Å². The Hall–Kier alpha value is -3.17. The van der Waals surface area contributed by atoms with Crippen molar-refractivity contribution in [3.63, 3.8) is 0 Å². The maximum atomic E-state index is 10.6. The SMILES string of the molecule is CC.CCCCN(C=O)CCCN(C)C.CCN1CC(c2cc(OC)c3c(c2)OCO3)C[C@@H]1COc1ccccc1OC. The summed E-state index contributed by atoms with van der Waals surface area (Å²) >= 11 is 0. The Balaban J connectivity index is 0.000000365. The van der Waals surface area contributed by atoms with E-state index in [1.807, 2.05) is 43.0 Å². The molecule has 2 aliphatic rings. The van der Waals surface area contributed by atoms with Gasteiger partial charge in [-0.1, -0.05) is 46.2 Å². The molecular formula is C34H55N3O6. The Labute approximate surface area is 260 Å². The van der Waals surface area contributed by atoms with Gasteiger partial charge in [0.05, 0.1) is 14.2 Å². The summed E-state index contributed by atoms with van der Waals surface area (Å²) in [6.07, 6.45) is 5.31. The molecule has 0 N–H and O–H groups in total. The van der Waals surface area contributed by atoms with Crippen molar-refractivity contribution in [1.82, 2.24) is 14.7 Å². The minimum atomic E-state index is 0.246. The summed E-state index contributed by atoms with van der Waals surface area (Å²) in [5.41, 5.74) is 1.22. The van der Waals surface area contributed by atoms with Gasteiger partial charge in [0.2, 0.25) is 19.0 Å². The fraction of sp³-hybridized carbons (Fsp3) is 0.618. The highest BCUT2D eigenvalue weighted by molar-refractivity contribution is 5.56. The molecular weight excluding hydrogens is 546 g/mol. The smallest absolute Gasteiger partial charge is 0.231 e. The number of amides is 1. The molecule has 1 unspecified atom stereocenters. The molecule has 0 spiro atoms. The van der Waals surface area contributed by atoms with Crippen LogP contribution in [0.15, 0.2) is 36.4 Å². The van der Waals surface area contributed by atoms with Crippen molar-refractivity contribution in [2.24, 2.45) is 0 Å². The number of carbonyl (C=O) groups excluding carboxylic acids is 1. The third-order valence-corrected chi connectivity index (χ3v) is 7.59. The van der Waals surface area contributed by atoms with E-state index in [0.717, 1.165) is 87.8 Å². The normalized spacial score (nSPS) is 17.0. The molecule has 2 aromatic rings. The second kappa shape index (κ2) is 19.9. The van der Waals surface area contributed by atoms with Crippen LogP contribution in [0.5, 0.6) is 28.7 Å². The highest BCUT2D eigenvalue weighted by Gasteiger charge is 2.34. The van der Waals surface area contributed by atoms with E-state index in [1.165, 1.54) is 5.56 Å². The molecule has 9 nitrogen and oxygen atoms in total. The van der Waals surface area contributed by atoms with Gasteiger partial charge in [-0.15, -0.1) is 0 Å². The number of carbonyl (C=O) groups is 1. The number of fused-ring (bicyclic) bond motifs is 1. The minimum absolute atomic E-state index is 0.246. The summed E-state index contributed by atoms with van der Waals surface area (Å²) in [7, 11) is 7.44. The van der Waals surface area contributed by atoms with Crippen LogP contribution in [0.2, 0.25) is 0 Å². The van der Waals surface area contributed by atoms with Crippen molar-refractivity contribution in [1.29, 1.82) is 0 Å². The average molecular weight is 602 g/mol. The monoisotopic (exact) mass is 601 g/mol. The summed E-state index contributed by atoms with van der Waals surface area (Å²) in [5.74, 6) is 4.16. The summed E-state index contributed by atoms with van der Waals surface area (Å²) in [5, 5.41) is 0. The number of rotatable bonds is 15. The van der Waals surface area contributed by atoms with Crippen LogP contribution in [0.25, 0.3) is 0 Å². The molecule has 0 aromatic heterocycles. The summed E-state index contributed by atoms with van der Waals surface area (Å²) in [6.45, 7) is 14.0. The van der Waals surface area contributed by atoms with E-state index in [1.54, 1.807) is 14.2 Å². The van der Waals surface area contributed by atoms with E-state index < -0.39 is 0 Å². The number of likely N-dealkylation sites (N-methyl/N-ethyl adjacent to an activating group) is 1. The molecule has 2 aliphatic heterocycles. The molecule has 1 fully saturated rings. The summed E-state index contributed by atoms with van der Waals surface area (Å²) in [6, 6.07) is 12.3. The molecule has 0 saturated carbocycles. The van der Waals surface area contributed by atoms with Crippen molar-refractivity contribution >= 4 is 6.41 Å². The fourth-order valence-corrected chi connectivity index (χ4v) is 5.26. The molecule has 0 aliphatic carbocycles. The zero-order valence-electron chi connectivity index (χ0n) is 27.8. The number of nitrogens with zero attached hydrogens (tertiary/aromatic N) is 3.